The number of hydrogen-bond donors (Lipinski definition) is 0. The largest absolute Gasteiger partial charge is 0.424 e. The van der Waals surface area contributed by atoms with E-state index in [2.05, 4.69) is 0 Å². The van der Waals surface area contributed by atoms with Crippen molar-refractivity contribution in [2.45, 2.75) is 11.8 Å². The molecule has 0 unspecified atom stereocenters. The first kappa shape index (κ1) is 18.0. The molecule has 0 spiro atoms. The highest BCUT2D eigenvalue weighted by Gasteiger charge is 2.23. The molecular weight excluding hydrogens is 371 g/mol. The summed E-state index contributed by atoms with van der Waals surface area (Å²) in [6, 6.07) is 5.39. The standard InChI is InChI=1S/C17H12F3NO4S/c1-9-5-11(3-4-12(9)18)21-15(8-25-17(21)22)10-6-13(19)16(14(20)7-10)26(2,23)24/h3-8H,1-2H3. The molecule has 0 aliphatic heterocycles. The van der Waals surface area contributed by atoms with E-state index < -0.39 is 37.9 Å². The summed E-state index contributed by atoms with van der Waals surface area (Å²) < 4.78 is 70.6. The maximum atomic E-state index is 14.2. The highest BCUT2D eigenvalue weighted by molar-refractivity contribution is 7.90. The van der Waals surface area contributed by atoms with Crippen LogP contribution in [0.1, 0.15) is 5.56 Å². The normalized spacial score (nSPS) is 11.7. The molecule has 0 saturated carbocycles. The second-order valence-electron chi connectivity index (χ2n) is 5.70. The summed E-state index contributed by atoms with van der Waals surface area (Å²) in [6.45, 7) is 1.49. The zero-order chi connectivity index (χ0) is 19.2. The molecule has 0 N–H and O–H groups in total. The van der Waals surface area contributed by atoms with Crippen LogP contribution < -0.4 is 5.76 Å². The third-order valence-corrected chi connectivity index (χ3v) is 4.89. The molecule has 0 aliphatic carbocycles. The lowest BCUT2D eigenvalue weighted by molar-refractivity contribution is 0.504. The molecule has 0 aliphatic rings. The van der Waals surface area contributed by atoms with Gasteiger partial charge in [0.1, 0.15) is 28.6 Å². The van der Waals surface area contributed by atoms with E-state index in [0.29, 0.717) is 6.26 Å². The Hall–Kier alpha value is -2.81. The Kier molecular flexibility index (Phi) is 4.27. The number of aromatic nitrogens is 1. The smallest absolute Gasteiger partial charge is 0.415 e. The fourth-order valence-electron chi connectivity index (χ4n) is 2.58. The molecule has 0 bridgehead atoms. The van der Waals surface area contributed by atoms with Crippen molar-refractivity contribution in [3.8, 4) is 16.9 Å². The second kappa shape index (κ2) is 6.17. The van der Waals surface area contributed by atoms with Crippen LogP contribution in [0.15, 0.2) is 50.7 Å². The Morgan fingerprint density at radius 3 is 2.15 bits per heavy atom. The van der Waals surface area contributed by atoms with Crippen molar-refractivity contribution >= 4 is 9.84 Å². The van der Waals surface area contributed by atoms with Crippen LogP contribution >= 0.6 is 0 Å². The Morgan fingerprint density at radius 1 is 1.00 bits per heavy atom. The van der Waals surface area contributed by atoms with Crippen molar-refractivity contribution in [1.82, 2.24) is 4.57 Å². The van der Waals surface area contributed by atoms with Crippen LogP contribution in [0.5, 0.6) is 0 Å². The van der Waals surface area contributed by atoms with E-state index in [0.717, 1.165) is 29.0 Å². The summed E-state index contributed by atoms with van der Waals surface area (Å²) in [4.78, 5) is 11.0. The number of aryl methyl sites for hydroxylation is 1. The molecule has 1 aromatic heterocycles. The van der Waals surface area contributed by atoms with Gasteiger partial charge in [0.2, 0.25) is 0 Å². The van der Waals surface area contributed by atoms with Crippen molar-refractivity contribution in [2.75, 3.05) is 6.26 Å². The van der Waals surface area contributed by atoms with E-state index in [9.17, 15) is 26.4 Å². The van der Waals surface area contributed by atoms with Crippen LogP contribution in [0, 0.1) is 24.4 Å². The zero-order valence-corrected chi connectivity index (χ0v) is 14.4. The second-order valence-corrected chi connectivity index (χ2v) is 7.65. The van der Waals surface area contributed by atoms with Crippen LogP contribution in [-0.2, 0) is 9.84 Å². The summed E-state index contributed by atoms with van der Waals surface area (Å²) in [7, 11) is -4.11. The molecule has 0 saturated heterocycles. The first-order valence-corrected chi connectivity index (χ1v) is 9.15. The van der Waals surface area contributed by atoms with Gasteiger partial charge in [-0.2, -0.15) is 0 Å². The van der Waals surface area contributed by atoms with Crippen molar-refractivity contribution in [3.05, 3.63) is 70.2 Å². The maximum Gasteiger partial charge on any atom is 0.424 e. The van der Waals surface area contributed by atoms with E-state index in [4.69, 9.17) is 4.42 Å². The first-order valence-electron chi connectivity index (χ1n) is 7.26. The third-order valence-electron chi connectivity index (χ3n) is 3.76. The maximum absolute atomic E-state index is 14.2. The van der Waals surface area contributed by atoms with Crippen LogP contribution in [0.4, 0.5) is 13.2 Å². The highest BCUT2D eigenvalue weighted by atomic mass is 32.2. The minimum atomic E-state index is -4.11. The quantitative estimate of drug-likeness (QED) is 0.696. The van der Waals surface area contributed by atoms with Crippen LogP contribution in [0.2, 0.25) is 0 Å². The highest BCUT2D eigenvalue weighted by Crippen LogP contribution is 2.28. The topological polar surface area (TPSA) is 69.3 Å². The van der Waals surface area contributed by atoms with Gasteiger partial charge in [-0.05, 0) is 42.8 Å². The summed E-state index contributed by atoms with van der Waals surface area (Å²) in [6.07, 6.45) is 1.67. The van der Waals surface area contributed by atoms with Gasteiger partial charge in [-0.15, -0.1) is 0 Å². The predicted octanol–water partition coefficient (Wildman–Crippen LogP) is 3.23. The SMILES string of the molecule is Cc1cc(-n2c(-c3cc(F)c(S(C)(=O)=O)c(F)c3)coc2=O)ccc1F. The lowest BCUT2D eigenvalue weighted by Gasteiger charge is -2.10. The Balaban J connectivity index is 2.24. The van der Waals surface area contributed by atoms with E-state index in [-0.39, 0.29) is 22.5 Å². The molecule has 2 aromatic carbocycles. The molecular formula is C17H12F3NO4S. The van der Waals surface area contributed by atoms with Gasteiger partial charge >= 0.3 is 5.76 Å². The summed E-state index contributed by atoms with van der Waals surface area (Å²) in [5, 5.41) is 0. The third kappa shape index (κ3) is 3.05. The summed E-state index contributed by atoms with van der Waals surface area (Å²) >= 11 is 0. The first-order chi connectivity index (χ1) is 12.1. The Bertz CT molecular complexity index is 1160. The van der Waals surface area contributed by atoms with Crippen molar-refractivity contribution < 1.29 is 26.0 Å². The minimum absolute atomic E-state index is 0.0149. The molecule has 3 rings (SSSR count). The molecule has 0 fully saturated rings. The number of rotatable bonds is 3. The van der Waals surface area contributed by atoms with Gasteiger partial charge in [-0.25, -0.2) is 31.0 Å². The zero-order valence-electron chi connectivity index (χ0n) is 13.6. The average molecular weight is 383 g/mol. The molecule has 26 heavy (non-hydrogen) atoms. The number of hydrogen-bond acceptors (Lipinski definition) is 4. The van der Waals surface area contributed by atoms with E-state index in [1.807, 2.05) is 0 Å². The number of benzene rings is 2. The van der Waals surface area contributed by atoms with Gasteiger partial charge < -0.3 is 4.42 Å². The van der Waals surface area contributed by atoms with Gasteiger partial charge in [0.15, 0.2) is 9.84 Å². The molecule has 9 heteroatoms. The Morgan fingerprint density at radius 2 is 1.62 bits per heavy atom. The average Bonchev–Trinajstić information content (AvgIpc) is 2.89. The molecule has 0 amide bonds. The lowest BCUT2D eigenvalue weighted by atomic mass is 10.1. The van der Waals surface area contributed by atoms with Crippen molar-refractivity contribution in [2.24, 2.45) is 0 Å². The lowest BCUT2D eigenvalue weighted by Crippen LogP contribution is -2.14. The molecule has 0 atom stereocenters. The summed E-state index contributed by atoms with van der Waals surface area (Å²) in [5.74, 6) is -3.92. The van der Waals surface area contributed by atoms with E-state index in [1.54, 1.807) is 0 Å². The van der Waals surface area contributed by atoms with Crippen LogP contribution in [-0.4, -0.2) is 19.2 Å². The number of sulfone groups is 1. The van der Waals surface area contributed by atoms with Gasteiger partial charge in [-0.3, -0.25) is 0 Å². The van der Waals surface area contributed by atoms with Gasteiger partial charge in [-0.1, -0.05) is 0 Å². The van der Waals surface area contributed by atoms with E-state index >= 15 is 0 Å². The van der Waals surface area contributed by atoms with Crippen LogP contribution in [0.25, 0.3) is 16.9 Å². The molecule has 5 nitrogen and oxygen atoms in total. The van der Waals surface area contributed by atoms with Gasteiger partial charge in [0, 0.05) is 11.8 Å². The summed E-state index contributed by atoms with van der Waals surface area (Å²) in [5.41, 5.74) is 0.357. The number of halogens is 3. The predicted molar refractivity (Wildman–Crippen MR) is 87.5 cm³/mol. The number of oxazole rings is 1. The fourth-order valence-corrected chi connectivity index (χ4v) is 3.41. The minimum Gasteiger partial charge on any atom is -0.415 e. The molecule has 3 aromatic rings. The molecule has 1 heterocycles. The fraction of sp³-hybridized carbons (Fsp3) is 0.118. The van der Waals surface area contributed by atoms with Crippen molar-refractivity contribution in [3.63, 3.8) is 0 Å². The monoisotopic (exact) mass is 383 g/mol. The van der Waals surface area contributed by atoms with Gasteiger partial charge in [0.05, 0.1) is 11.4 Å². The van der Waals surface area contributed by atoms with Gasteiger partial charge in [0.25, 0.3) is 0 Å². The van der Waals surface area contributed by atoms with Crippen molar-refractivity contribution in [1.29, 1.82) is 0 Å². The number of nitrogens with zero attached hydrogens (tertiary/aromatic N) is 1. The van der Waals surface area contributed by atoms with E-state index in [1.165, 1.54) is 19.1 Å². The molecule has 0 radical (unpaired) electrons. The Labute approximate surface area is 146 Å². The molecule has 136 valence electrons. The van der Waals surface area contributed by atoms with Crippen LogP contribution in [0.3, 0.4) is 0 Å².